The predicted octanol–water partition coefficient (Wildman–Crippen LogP) is 4.50. The van der Waals surface area contributed by atoms with Crippen molar-refractivity contribution in [2.45, 2.75) is 24.2 Å². The Balaban J connectivity index is 1.27. The first kappa shape index (κ1) is 28.0. The maximum atomic E-state index is 13.9. The molecular weight excluding hydrogens is 550 g/mol. The van der Waals surface area contributed by atoms with Crippen molar-refractivity contribution in [1.82, 2.24) is 25.1 Å². The molecule has 0 unspecified atom stereocenters. The summed E-state index contributed by atoms with van der Waals surface area (Å²) in [5.74, 6) is -0.635. The van der Waals surface area contributed by atoms with Gasteiger partial charge in [-0.25, -0.2) is 13.8 Å². The molecule has 1 N–H and O–H groups in total. The molecule has 1 atom stereocenters. The molecule has 0 fully saturated rings. The highest BCUT2D eigenvalue weighted by Gasteiger charge is 2.33. The van der Waals surface area contributed by atoms with Crippen LogP contribution in [0, 0.1) is 11.6 Å². The van der Waals surface area contributed by atoms with E-state index >= 15 is 0 Å². The fourth-order valence-electron chi connectivity index (χ4n) is 4.36. The van der Waals surface area contributed by atoms with Crippen LogP contribution in [0.15, 0.2) is 83.1 Å². The number of methoxy groups -OCH3 is 1. The molecule has 0 saturated carbocycles. The van der Waals surface area contributed by atoms with Gasteiger partial charge < -0.3 is 14.6 Å². The molecule has 1 aliphatic rings. The Morgan fingerprint density at radius 2 is 1.76 bits per heavy atom. The topological polar surface area (TPSA) is 102 Å². The summed E-state index contributed by atoms with van der Waals surface area (Å²) >= 11 is 1.18. The van der Waals surface area contributed by atoms with Crippen molar-refractivity contribution in [3.05, 3.63) is 107 Å². The van der Waals surface area contributed by atoms with Crippen molar-refractivity contribution in [1.29, 1.82) is 0 Å². The van der Waals surface area contributed by atoms with Gasteiger partial charge in [0.2, 0.25) is 0 Å². The standard InChI is InChI=1S/C29H26F2N6O3S/c1-36-26(16-32-28(39)22-5-3-4-6-23(22)31)33-34-29(36)41-17-27(38)37-25(19-7-11-20(30)12-8-19)15-24(35-37)18-9-13-21(40-2)14-10-18/h3-14,25H,15-17H2,1-2H3,(H,32,39)/t25-/m1/s1. The number of ether oxygens (including phenoxy) is 1. The molecule has 12 heteroatoms. The molecule has 2 amide bonds. The van der Waals surface area contributed by atoms with E-state index < -0.39 is 17.8 Å². The van der Waals surface area contributed by atoms with Crippen LogP contribution >= 0.6 is 11.8 Å². The van der Waals surface area contributed by atoms with Gasteiger partial charge in [0, 0.05) is 13.5 Å². The number of halogens is 2. The van der Waals surface area contributed by atoms with Gasteiger partial charge in [0.15, 0.2) is 11.0 Å². The fourth-order valence-corrected chi connectivity index (χ4v) is 5.14. The quantitative estimate of drug-likeness (QED) is 0.295. The van der Waals surface area contributed by atoms with Gasteiger partial charge in [-0.2, -0.15) is 5.10 Å². The third-order valence-electron chi connectivity index (χ3n) is 6.62. The van der Waals surface area contributed by atoms with E-state index in [0.717, 1.165) is 16.8 Å². The van der Waals surface area contributed by atoms with Crippen LogP contribution in [0.5, 0.6) is 5.75 Å². The van der Waals surface area contributed by atoms with Gasteiger partial charge in [-0.05, 0) is 59.7 Å². The zero-order valence-corrected chi connectivity index (χ0v) is 23.1. The molecule has 0 aliphatic carbocycles. The largest absolute Gasteiger partial charge is 0.497 e. The van der Waals surface area contributed by atoms with E-state index in [2.05, 4.69) is 20.6 Å². The molecule has 3 aromatic carbocycles. The monoisotopic (exact) mass is 576 g/mol. The molecule has 0 bridgehead atoms. The van der Waals surface area contributed by atoms with E-state index in [1.54, 1.807) is 36.9 Å². The maximum Gasteiger partial charge on any atom is 0.254 e. The van der Waals surface area contributed by atoms with Crippen molar-refractivity contribution < 1.29 is 23.1 Å². The number of carbonyl (C=O) groups is 2. The SMILES string of the molecule is COc1ccc(C2=NN(C(=O)CSc3nnc(CNC(=O)c4ccccc4F)n3C)[C@@H](c3ccc(F)cc3)C2)cc1. The lowest BCUT2D eigenvalue weighted by Gasteiger charge is -2.22. The summed E-state index contributed by atoms with van der Waals surface area (Å²) < 4.78 is 34.4. The Kier molecular flexibility index (Phi) is 8.39. The minimum Gasteiger partial charge on any atom is -0.497 e. The van der Waals surface area contributed by atoms with Crippen LogP contribution in [0.2, 0.25) is 0 Å². The van der Waals surface area contributed by atoms with Gasteiger partial charge in [-0.1, -0.05) is 36.0 Å². The molecule has 0 radical (unpaired) electrons. The predicted molar refractivity (Wildman–Crippen MR) is 149 cm³/mol. The minimum absolute atomic E-state index is 0.0185. The van der Waals surface area contributed by atoms with E-state index in [1.807, 2.05) is 24.3 Å². The number of rotatable bonds is 9. The first-order valence-electron chi connectivity index (χ1n) is 12.7. The first-order chi connectivity index (χ1) is 19.8. The van der Waals surface area contributed by atoms with Crippen LogP contribution < -0.4 is 10.1 Å². The molecular formula is C29H26F2N6O3S. The Morgan fingerprint density at radius 1 is 1.02 bits per heavy atom. The van der Waals surface area contributed by atoms with Gasteiger partial charge in [0.05, 0.1) is 36.7 Å². The van der Waals surface area contributed by atoms with E-state index in [4.69, 9.17) is 4.74 Å². The molecule has 4 aromatic rings. The van der Waals surface area contributed by atoms with Gasteiger partial charge in [0.25, 0.3) is 11.8 Å². The highest BCUT2D eigenvalue weighted by atomic mass is 32.2. The number of benzene rings is 3. The van der Waals surface area contributed by atoms with Crippen LogP contribution in [-0.2, 0) is 18.4 Å². The third-order valence-corrected chi connectivity index (χ3v) is 7.62. The van der Waals surface area contributed by atoms with E-state index in [0.29, 0.717) is 23.2 Å². The van der Waals surface area contributed by atoms with Gasteiger partial charge in [-0.15, -0.1) is 10.2 Å². The number of hydrazone groups is 1. The summed E-state index contributed by atoms with van der Waals surface area (Å²) in [5, 5.41) is 17.4. The van der Waals surface area contributed by atoms with Crippen molar-refractivity contribution >= 4 is 29.3 Å². The lowest BCUT2D eigenvalue weighted by molar-refractivity contribution is -0.130. The highest BCUT2D eigenvalue weighted by Crippen LogP contribution is 2.34. The molecule has 1 aliphatic heterocycles. The van der Waals surface area contributed by atoms with E-state index in [9.17, 15) is 18.4 Å². The second-order valence-electron chi connectivity index (χ2n) is 9.19. The van der Waals surface area contributed by atoms with Crippen molar-refractivity contribution in [3.63, 3.8) is 0 Å². The summed E-state index contributed by atoms with van der Waals surface area (Å²) in [7, 11) is 3.31. The average Bonchev–Trinajstić information content (AvgIpc) is 3.59. The Bertz CT molecular complexity index is 1590. The Hall–Kier alpha value is -4.58. The van der Waals surface area contributed by atoms with Crippen molar-refractivity contribution in [3.8, 4) is 5.75 Å². The highest BCUT2D eigenvalue weighted by molar-refractivity contribution is 7.99. The number of hydrogen-bond donors (Lipinski definition) is 1. The third kappa shape index (κ3) is 6.27. The summed E-state index contributed by atoms with van der Waals surface area (Å²) in [6.45, 7) is 0.0272. The van der Waals surface area contributed by atoms with E-state index in [1.165, 1.54) is 47.1 Å². The molecule has 1 aromatic heterocycles. The molecule has 2 heterocycles. The van der Waals surface area contributed by atoms with Gasteiger partial charge in [-0.3, -0.25) is 9.59 Å². The second-order valence-corrected chi connectivity index (χ2v) is 10.1. The molecule has 0 saturated heterocycles. The molecule has 5 rings (SSSR count). The van der Waals surface area contributed by atoms with Crippen LogP contribution in [-0.4, -0.2) is 50.2 Å². The number of thioether (sulfide) groups is 1. The van der Waals surface area contributed by atoms with Crippen molar-refractivity contribution in [2.75, 3.05) is 12.9 Å². The van der Waals surface area contributed by atoms with Gasteiger partial charge in [0.1, 0.15) is 17.4 Å². The fraction of sp³-hybridized carbons (Fsp3) is 0.207. The van der Waals surface area contributed by atoms with Crippen molar-refractivity contribution in [2.24, 2.45) is 12.1 Å². The summed E-state index contributed by atoms with van der Waals surface area (Å²) in [4.78, 5) is 25.8. The Labute approximate surface area is 239 Å². The zero-order chi connectivity index (χ0) is 28.9. The number of nitrogens with one attached hydrogen (secondary N) is 1. The number of amides is 2. The lowest BCUT2D eigenvalue weighted by Crippen LogP contribution is -2.28. The van der Waals surface area contributed by atoms with Crippen LogP contribution in [0.1, 0.15) is 39.8 Å². The smallest absolute Gasteiger partial charge is 0.254 e. The second kappa shape index (κ2) is 12.3. The number of aromatic nitrogens is 3. The molecule has 41 heavy (non-hydrogen) atoms. The Morgan fingerprint density at radius 3 is 2.46 bits per heavy atom. The average molecular weight is 577 g/mol. The zero-order valence-electron chi connectivity index (χ0n) is 22.3. The molecule has 9 nitrogen and oxygen atoms in total. The van der Waals surface area contributed by atoms with E-state index in [-0.39, 0.29) is 29.6 Å². The summed E-state index contributed by atoms with van der Waals surface area (Å²) in [6.07, 6.45) is 0.462. The number of nitrogens with zero attached hydrogens (tertiary/aromatic N) is 5. The normalized spacial score (nSPS) is 14.6. The first-order valence-corrected chi connectivity index (χ1v) is 13.7. The van der Waals surface area contributed by atoms with Crippen LogP contribution in [0.4, 0.5) is 8.78 Å². The minimum atomic E-state index is -0.614. The van der Waals surface area contributed by atoms with Crippen LogP contribution in [0.3, 0.4) is 0 Å². The molecule has 210 valence electrons. The lowest BCUT2D eigenvalue weighted by atomic mass is 9.98. The number of carbonyl (C=O) groups excluding carboxylic acids is 2. The summed E-state index contributed by atoms with van der Waals surface area (Å²) in [5.41, 5.74) is 2.29. The maximum absolute atomic E-state index is 13.9. The molecule has 0 spiro atoms. The number of hydrogen-bond acceptors (Lipinski definition) is 7. The summed E-state index contributed by atoms with van der Waals surface area (Å²) in [6, 6.07) is 18.8. The van der Waals surface area contributed by atoms with Crippen LogP contribution in [0.25, 0.3) is 0 Å². The van der Waals surface area contributed by atoms with Gasteiger partial charge >= 0.3 is 0 Å².